The molecule has 0 saturated carbocycles. The van der Waals surface area contributed by atoms with Crippen molar-refractivity contribution in [2.24, 2.45) is 0 Å². The number of aromatic hydroxyl groups is 1. The standard InChI is InChI=1S/C30H38N2O6.C20H27NO5.C19H25NO6.C17H21NO5.C11H16BNO3.C8H8F3NO2S/c1-7-31(8-2)27(33)22-14-12-21(13-15-22)23-18-30(16-17-32(19-30)28(34)38-29(3,4)5)37-25-11-9-10-24(26(23)25)36-20-35-6;1-14-11-20(9-10-21(12-20)18(22)26-19(2,3)4)25-16-8-6-7-15(17(14)16)24-13-23-5;1-18(2,3)26-17(22)20-9-8-19(11-20)10-13(21)16-14(24-12-23-4)6-5-7-15(16)25-19;1-16(2,3)23-15(21)18-8-7-17(10-18)9-12(20)14-11(19)5-4-6-13(14)22-17;1-3-13(4-2)11(14)9-5-7-10(8-6-9)12(15)16;1-12(7-5-3-2-4-6-7)15(13,14)8(9,10)11/h9-15,18H,7-8,16-17,19-20H2,1-6H3;6-8,11H,9-10,12-13H2,1-5H3;5-7H,8-12H2,1-4H3;4-6,19H,7-10H2,1-3H3;5-8,15-16H,3-4H2,1-2H3;2-6H,1H3. The van der Waals surface area contributed by atoms with E-state index in [0.717, 1.165) is 52.8 Å². The number of amides is 6. The minimum Gasteiger partial charge on any atom is -0.507 e. The number of benzene rings is 7. The lowest BCUT2D eigenvalue weighted by Gasteiger charge is -2.35. The van der Waals surface area contributed by atoms with Crippen LogP contribution in [0.2, 0.25) is 0 Å². The van der Waals surface area contributed by atoms with Gasteiger partial charge in [0.15, 0.2) is 31.9 Å². The number of sulfonamides is 1. The van der Waals surface area contributed by atoms with Crippen molar-refractivity contribution in [3.05, 3.63) is 203 Å². The number of anilines is 1. The summed E-state index contributed by atoms with van der Waals surface area (Å²) in [6.07, 6.45) is 5.60. The Hall–Kier alpha value is -12.8. The number of rotatable bonds is 19. The second-order valence-corrected chi connectivity index (χ2v) is 41.5. The number of ether oxygens (including phenoxy) is 14. The number of hydrogen-bond donors (Lipinski definition) is 3. The van der Waals surface area contributed by atoms with Crippen molar-refractivity contribution in [3.63, 3.8) is 0 Å². The van der Waals surface area contributed by atoms with E-state index in [1.165, 1.54) is 37.4 Å². The van der Waals surface area contributed by atoms with Gasteiger partial charge in [-0.1, -0.05) is 66.7 Å². The van der Waals surface area contributed by atoms with Crippen molar-refractivity contribution in [2.45, 2.75) is 207 Å². The molecule has 7 aromatic carbocycles. The third kappa shape index (κ3) is 29.1. The van der Waals surface area contributed by atoms with Crippen LogP contribution in [0.1, 0.15) is 214 Å². The van der Waals surface area contributed by atoms with Crippen molar-refractivity contribution in [1.29, 1.82) is 0 Å². The van der Waals surface area contributed by atoms with Crippen LogP contribution in [0.15, 0.2) is 164 Å². The first-order valence-corrected chi connectivity index (χ1v) is 49.0. The van der Waals surface area contributed by atoms with E-state index in [1.54, 1.807) is 104 Å². The van der Waals surface area contributed by atoms with Crippen molar-refractivity contribution in [3.8, 4) is 46.0 Å². The van der Waals surface area contributed by atoms with Crippen molar-refractivity contribution in [2.75, 3.05) is 132 Å². The van der Waals surface area contributed by atoms with E-state index >= 15 is 0 Å². The lowest BCUT2D eigenvalue weighted by atomic mass is 9.80. The summed E-state index contributed by atoms with van der Waals surface area (Å²) < 4.78 is 138. The van der Waals surface area contributed by atoms with Gasteiger partial charge < -0.3 is 111 Å². The van der Waals surface area contributed by atoms with Gasteiger partial charge in [0.1, 0.15) is 102 Å². The van der Waals surface area contributed by atoms with Crippen molar-refractivity contribution in [1.82, 2.24) is 29.4 Å². The molecular weight excluding hydrogens is 1890 g/mol. The molecule has 8 heterocycles. The molecule has 3 N–H and O–H groups in total. The molecule has 8 aliphatic rings. The number of phenolic OH excluding ortho intramolecular Hbond substituents is 1. The summed E-state index contributed by atoms with van der Waals surface area (Å²) >= 11 is 0. The average molecular weight is 2030 g/mol. The SMILES string of the molecule is CC(C)(C)OC(=O)N1CCC2(CC(=O)c3c(O)cccc3O2)C1.CCN(CC)C(=O)c1ccc(B(O)O)cc1.CCN(CC)C(=O)c1ccc(C2=CC3(CCN(C(=O)OC(C)(C)C)C3)Oc3cccc(OCOC)c32)cc1.CN(c1ccccc1)S(=O)(=O)C(F)(F)F.COCOc1cccc2c1C(=O)CC1(CCN(C(=O)OC(C)(C)C)C1)O2.COCOc1cccc2c1C(C)=CC1(CCN(C(=O)OC(C)(C)C)C1)O2. The Morgan fingerprint density at radius 3 is 1.17 bits per heavy atom. The Morgan fingerprint density at radius 1 is 0.438 bits per heavy atom. The quantitative estimate of drug-likeness (QED) is 0.0384. The lowest BCUT2D eigenvalue weighted by molar-refractivity contribution is -0.0437. The normalized spacial score (nSPS) is 19.0. The Balaban J connectivity index is 0.000000182. The van der Waals surface area contributed by atoms with Crippen LogP contribution in [0.4, 0.5) is 38.0 Å². The van der Waals surface area contributed by atoms with E-state index in [2.05, 4.69) is 12.2 Å². The van der Waals surface area contributed by atoms with Crippen molar-refractivity contribution >= 4 is 87.2 Å². The molecule has 144 heavy (non-hydrogen) atoms. The van der Waals surface area contributed by atoms with E-state index in [-0.39, 0.29) is 96.2 Å². The number of allylic oxidation sites excluding steroid dienone is 1. The topological polar surface area (TPSA) is 383 Å². The van der Waals surface area contributed by atoms with E-state index in [0.29, 0.717) is 149 Å². The maximum absolute atomic E-state index is 12.9. The van der Waals surface area contributed by atoms with Gasteiger partial charge in [-0.2, -0.15) is 21.6 Å². The van der Waals surface area contributed by atoms with Crippen LogP contribution in [0, 0.1) is 0 Å². The van der Waals surface area contributed by atoms with Crippen molar-refractivity contribution < 1.29 is 141 Å². The molecule has 39 heteroatoms. The Morgan fingerprint density at radius 2 is 0.785 bits per heavy atom. The zero-order chi connectivity index (χ0) is 106. The molecular formula is C105H135BF3N7O27S. The highest BCUT2D eigenvalue weighted by Crippen LogP contribution is 2.50. The molecule has 15 rings (SSSR count). The van der Waals surface area contributed by atoms with Gasteiger partial charge in [0, 0.05) is 118 Å². The van der Waals surface area contributed by atoms with Gasteiger partial charge in [0.2, 0.25) is 0 Å². The number of phenols is 1. The van der Waals surface area contributed by atoms with E-state index in [1.807, 2.05) is 178 Å². The highest BCUT2D eigenvalue weighted by atomic mass is 32.2. The van der Waals surface area contributed by atoms with Gasteiger partial charge in [-0.05, 0) is 237 Å². The number of ketones is 2. The van der Waals surface area contributed by atoms with Gasteiger partial charge in [-0.15, -0.1) is 0 Å². The predicted molar refractivity (Wildman–Crippen MR) is 534 cm³/mol. The summed E-state index contributed by atoms with van der Waals surface area (Å²) in [4.78, 5) is 110. The highest BCUT2D eigenvalue weighted by molar-refractivity contribution is 7.93. The average Bonchev–Trinajstić information content (AvgIpc) is 1.46. The maximum Gasteiger partial charge on any atom is 0.516 e. The fourth-order valence-corrected chi connectivity index (χ4v) is 17.9. The molecule has 782 valence electrons. The van der Waals surface area contributed by atoms with Crippen LogP contribution in [0.5, 0.6) is 46.0 Å². The predicted octanol–water partition coefficient (Wildman–Crippen LogP) is 16.8. The molecule has 7 aromatic rings. The summed E-state index contributed by atoms with van der Waals surface area (Å²) in [5, 5.41) is 27.7. The number of alkyl halides is 3. The molecule has 34 nitrogen and oxygen atoms in total. The number of carbonyl (C=O) groups excluding carboxylic acids is 8. The number of para-hydroxylation sites is 1. The molecule has 0 aliphatic carbocycles. The third-order valence-corrected chi connectivity index (χ3v) is 25.4. The zero-order valence-corrected chi connectivity index (χ0v) is 86.6. The first-order valence-electron chi connectivity index (χ1n) is 47.6. The van der Waals surface area contributed by atoms with Gasteiger partial charge in [-0.3, -0.25) is 23.5 Å². The number of methoxy groups -OCH3 is 3. The lowest BCUT2D eigenvalue weighted by Crippen LogP contribution is -2.46. The molecule has 4 spiro atoms. The fraction of sp³-hybridized carbons (Fsp3) is 0.486. The summed E-state index contributed by atoms with van der Waals surface area (Å²) in [7, 11) is -1.24. The second kappa shape index (κ2) is 47.4. The fourth-order valence-electron chi connectivity index (χ4n) is 17.2. The molecule has 0 radical (unpaired) electrons. The Labute approximate surface area is 840 Å². The number of carbonyl (C=O) groups is 8. The third-order valence-electron chi connectivity index (χ3n) is 23.9. The first-order chi connectivity index (χ1) is 67.6. The van der Waals surface area contributed by atoms with Crippen LogP contribution in [0.3, 0.4) is 0 Å². The largest absolute Gasteiger partial charge is 0.516 e. The van der Waals surface area contributed by atoms with Gasteiger partial charge in [0.25, 0.3) is 11.8 Å². The highest BCUT2D eigenvalue weighted by Gasteiger charge is 2.53. The molecule has 0 bridgehead atoms. The number of nitrogens with zero attached hydrogens (tertiary/aromatic N) is 7. The van der Waals surface area contributed by atoms with Crippen LogP contribution in [-0.4, -0.2) is 285 Å². The monoisotopic (exact) mass is 2030 g/mol. The summed E-state index contributed by atoms with van der Waals surface area (Å²) in [5.74, 6) is 3.82. The summed E-state index contributed by atoms with van der Waals surface area (Å²) in [6, 6.07) is 42.4. The first kappa shape index (κ1) is 113. The second-order valence-electron chi connectivity index (χ2n) is 39.6. The van der Waals surface area contributed by atoms with Crippen LogP contribution in [-0.2, 0) is 43.2 Å². The van der Waals surface area contributed by atoms with Gasteiger partial charge >= 0.3 is 47.0 Å². The maximum atomic E-state index is 12.9. The molecule has 4 fully saturated rings. The molecule has 4 saturated heterocycles. The Bertz CT molecular complexity index is 5850. The van der Waals surface area contributed by atoms with Crippen LogP contribution >= 0.6 is 0 Å². The van der Waals surface area contributed by atoms with E-state index in [9.17, 15) is 65.1 Å². The van der Waals surface area contributed by atoms with Crippen LogP contribution in [0.25, 0.3) is 11.1 Å². The summed E-state index contributed by atoms with van der Waals surface area (Å²) in [6.45, 7) is 38.5. The molecule has 0 aromatic heterocycles. The molecule has 4 unspecified atom stereocenters. The minimum atomic E-state index is -5.30. The van der Waals surface area contributed by atoms with E-state index < -0.39 is 73.6 Å². The number of Topliss-reactive ketones (excluding diaryl/α,β-unsaturated/α-hetero) is 2. The number of halogens is 3. The summed E-state index contributed by atoms with van der Waals surface area (Å²) in [5.41, 5.74) is -3.26. The van der Waals surface area contributed by atoms with E-state index in [4.69, 9.17) is 76.4 Å². The van der Waals surface area contributed by atoms with Gasteiger partial charge in [0.05, 0.1) is 55.8 Å². The smallest absolute Gasteiger partial charge is 0.507 e. The zero-order valence-electron chi connectivity index (χ0n) is 85.8. The Kier molecular flexibility index (Phi) is 37.2. The number of fused-ring (bicyclic) bond motifs is 4. The molecule has 8 aliphatic heterocycles. The van der Waals surface area contributed by atoms with Crippen LogP contribution < -0.4 is 42.9 Å². The minimum absolute atomic E-state index is 0.00675. The number of hydrogen-bond acceptors (Lipinski definition) is 27. The molecule has 4 atom stereocenters. The number of likely N-dealkylation sites (tertiary alicyclic amines) is 4. The molecule has 6 amide bonds. The van der Waals surface area contributed by atoms with Gasteiger partial charge in [-0.25, -0.2) is 19.2 Å².